The van der Waals surface area contributed by atoms with Crippen LogP contribution in [0.15, 0.2) is 54.6 Å². The van der Waals surface area contributed by atoms with Crippen molar-refractivity contribution in [3.8, 4) is 11.1 Å². The lowest BCUT2D eigenvalue weighted by molar-refractivity contribution is -0.152. The van der Waals surface area contributed by atoms with Crippen LogP contribution in [0.5, 0.6) is 0 Å². The molecule has 0 heterocycles. The minimum Gasteiger partial charge on any atom is -0.481 e. The first-order valence-corrected chi connectivity index (χ1v) is 8.65. The van der Waals surface area contributed by atoms with Gasteiger partial charge in [-0.1, -0.05) is 54.6 Å². The van der Waals surface area contributed by atoms with Crippen LogP contribution in [0.1, 0.15) is 25.8 Å². The normalized spacial score (nSPS) is 14.7. The summed E-state index contributed by atoms with van der Waals surface area (Å²) in [5.74, 6) is -0.865. The van der Waals surface area contributed by atoms with Crippen molar-refractivity contribution in [2.45, 2.75) is 32.7 Å². The van der Waals surface area contributed by atoms with E-state index in [2.05, 4.69) is 36.4 Å². The van der Waals surface area contributed by atoms with Crippen LogP contribution in [0.4, 0.5) is 0 Å². The fourth-order valence-electron chi connectivity index (χ4n) is 2.95. The summed E-state index contributed by atoms with van der Waals surface area (Å²) >= 11 is 0. The molecule has 2 aromatic carbocycles. The molecule has 2 rings (SSSR count). The van der Waals surface area contributed by atoms with E-state index in [0.29, 0.717) is 19.4 Å². The maximum Gasteiger partial charge on any atom is 0.311 e. The van der Waals surface area contributed by atoms with E-state index in [0.717, 1.165) is 11.1 Å². The van der Waals surface area contributed by atoms with Crippen LogP contribution in [0.25, 0.3) is 11.1 Å². The Balaban J connectivity index is 2.00. The molecule has 134 valence electrons. The maximum absolute atomic E-state index is 11.6. The molecule has 4 nitrogen and oxygen atoms in total. The lowest BCUT2D eigenvalue weighted by atomic mass is 9.83. The average Bonchev–Trinajstić information content (AvgIpc) is 2.61. The number of carboxylic acids is 1. The zero-order valence-electron chi connectivity index (χ0n) is 14.9. The van der Waals surface area contributed by atoms with Crippen LogP contribution < -0.4 is 5.73 Å². The zero-order chi connectivity index (χ0) is 18.3. The largest absolute Gasteiger partial charge is 0.481 e. The predicted octanol–water partition coefficient (Wildman–Crippen LogP) is 3.74. The standard InChI is InChI=1S/C21H27NO3/c1-3-25-15-21(2,20(23)24)14-19(22)13-16-9-11-18(12-10-16)17-7-5-4-6-8-17/h4-12,19H,3,13-15,22H2,1-2H3,(H,23,24). The molecule has 3 N–H and O–H groups in total. The van der Waals surface area contributed by atoms with Crippen molar-refractivity contribution in [2.24, 2.45) is 11.1 Å². The van der Waals surface area contributed by atoms with E-state index in [9.17, 15) is 9.90 Å². The highest BCUT2D eigenvalue weighted by Crippen LogP contribution is 2.26. The van der Waals surface area contributed by atoms with Gasteiger partial charge in [0.05, 0.1) is 12.0 Å². The Morgan fingerprint density at radius 1 is 1.12 bits per heavy atom. The first-order chi connectivity index (χ1) is 11.9. The van der Waals surface area contributed by atoms with E-state index in [4.69, 9.17) is 10.5 Å². The second kappa shape index (κ2) is 8.79. The molecular formula is C21H27NO3. The number of ether oxygens (including phenoxy) is 1. The minimum atomic E-state index is -0.959. The molecule has 0 bridgehead atoms. The molecule has 0 fully saturated rings. The number of nitrogens with two attached hydrogens (primary N) is 1. The van der Waals surface area contributed by atoms with E-state index in [1.165, 1.54) is 5.56 Å². The first kappa shape index (κ1) is 19.2. The Labute approximate surface area is 149 Å². The van der Waals surface area contributed by atoms with Crippen molar-refractivity contribution >= 4 is 5.97 Å². The number of hydrogen-bond acceptors (Lipinski definition) is 3. The summed E-state index contributed by atoms with van der Waals surface area (Å²) < 4.78 is 5.34. The lowest BCUT2D eigenvalue weighted by Gasteiger charge is -2.27. The minimum absolute atomic E-state index is 0.180. The van der Waals surface area contributed by atoms with Crippen molar-refractivity contribution in [2.75, 3.05) is 13.2 Å². The van der Waals surface area contributed by atoms with Crippen molar-refractivity contribution in [1.29, 1.82) is 0 Å². The van der Waals surface area contributed by atoms with Crippen LogP contribution in [0.3, 0.4) is 0 Å². The molecule has 0 aliphatic heterocycles. The smallest absolute Gasteiger partial charge is 0.311 e. The number of rotatable bonds is 9. The highest BCUT2D eigenvalue weighted by molar-refractivity contribution is 5.74. The van der Waals surface area contributed by atoms with Gasteiger partial charge in [0.15, 0.2) is 0 Å². The third-order valence-corrected chi connectivity index (χ3v) is 4.41. The quantitative estimate of drug-likeness (QED) is 0.729. The van der Waals surface area contributed by atoms with Gasteiger partial charge in [-0.15, -0.1) is 0 Å². The van der Waals surface area contributed by atoms with E-state index >= 15 is 0 Å². The molecule has 0 saturated carbocycles. The van der Waals surface area contributed by atoms with Crippen LogP contribution in [-0.4, -0.2) is 30.3 Å². The van der Waals surface area contributed by atoms with E-state index < -0.39 is 11.4 Å². The average molecular weight is 341 g/mol. The number of benzene rings is 2. The van der Waals surface area contributed by atoms with Crippen LogP contribution in [-0.2, 0) is 16.0 Å². The Morgan fingerprint density at radius 3 is 2.28 bits per heavy atom. The van der Waals surface area contributed by atoms with Crippen LogP contribution >= 0.6 is 0 Å². The highest BCUT2D eigenvalue weighted by atomic mass is 16.5. The molecule has 0 aromatic heterocycles. The molecule has 0 aliphatic carbocycles. The Bertz CT molecular complexity index is 669. The van der Waals surface area contributed by atoms with Crippen molar-refractivity contribution in [3.05, 3.63) is 60.2 Å². The Morgan fingerprint density at radius 2 is 1.72 bits per heavy atom. The van der Waals surface area contributed by atoms with Gasteiger partial charge in [0, 0.05) is 12.6 Å². The van der Waals surface area contributed by atoms with Gasteiger partial charge in [-0.2, -0.15) is 0 Å². The fraction of sp³-hybridized carbons (Fsp3) is 0.381. The maximum atomic E-state index is 11.6. The predicted molar refractivity (Wildman–Crippen MR) is 100 cm³/mol. The zero-order valence-corrected chi connectivity index (χ0v) is 14.9. The molecule has 0 saturated heterocycles. The molecule has 0 radical (unpaired) electrons. The van der Waals surface area contributed by atoms with Gasteiger partial charge in [-0.3, -0.25) is 4.79 Å². The second-order valence-electron chi connectivity index (χ2n) is 6.73. The lowest BCUT2D eigenvalue weighted by Crippen LogP contribution is -2.40. The van der Waals surface area contributed by atoms with Gasteiger partial charge < -0.3 is 15.6 Å². The first-order valence-electron chi connectivity index (χ1n) is 8.65. The monoisotopic (exact) mass is 341 g/mol. The van der Waals surface area contributed by atoms with E-state index in [-0.39, 0.29) is 12.6 Å². The summed E-state index contributed by atoms with van der Waals surface area (Å²) in [6.45, 7) is 4.23. The Hall–Kier alpha value is -2.17. The van der Waals surface area contributed by atoms with Crippen LogP contribution in [0.2, 0.25) is 0 Å². The molecule has 0 spiro atoms. The van der Waals surface area contributed by atoms with Gasteiger partial charge >= 0.3 is 5.97 Å². The molecule has 2 aromatic rings. The van der Waals surface area contributed by atoms with Gasteiger partial charge in [0.1, 0.15) is 0 Å². The molecular weight excluding hydrogens is 314 g/mol. The molecule has 2 unspecified atom stereocenters. The van der Waals surface area contributed by atoms with Crippen molar-refractivity contribution < 1.29 is 14.6 Å². The molecule has 25 heavy (non-hydrogen) atoms. The van der Waals surface area contributed by atoms with Gasteiger partial charge in [-0.25, -0.2) is 0 Å². The summed E-state index contributed by atoms with van der Waals surface area (Å²) in [5.41, 5.74) is 8.71. The SMILES string of the molecule is CCOCC(C)(CC(N)Cc1ccc(-c2ccccc2)cc1)C(=O)O. The molecule has 0 aliphatic rings. The third-order valence-electron chi connectivity index (χ3n) is 4.41. The topological polar surface area (TPSA) is 72.5 Å². The number of hydrogen-bond donors (Lipinski definition) is 2. The van der Waals surface area contributed by atoms with Gasteiger partial charge in [-0.05, 0) is 43.4 Å². The van der Waals surface area contributed by atoms with Crippen molar-refractivity contribution in [3.63, 3.8) is 0 Å². The number of carboxylic acid groups (broad SMARTS) is 1. The van der Waals surface area contributed by atoms with E-state index in [1.807, 2.05) is 25.1 Å². The summed E-state index contributed by atoms with van der Waals surface area (Å²) in [7, 11) is 0. The van der Waals surface area contributed by atoms with Crippen molar-refractivity contribution in [1.82, 2.24) is 0 Å². The van der Waals surface area contributed by atoms with Gasteiger partial charge in [0.2, 0.25) is 0 Å². The molecule has 0 amide bonds. The summed E-state index contributed by atoms with van der Waals surface area (Å²) in [6.07, 6.45) is 1.02. The summed E-state index contributed by atoms with van der Waals surface area (Å²) in [5, 5.41) is 9.50. The number of carbonyl (C=O) groups is 1. The number of aliphatic carboxylic acids is 1. The summed E-state index contributed by atoms with van der Waals surface area (Å²) in [4.78, 5) is 11.6. The third kappa shape index (κ3) is 5.41. The molecule has 2 atom stereocenters. The van der Waals surface area contributed by atoms with Gasteiger partial charge in [0.25, 0.3) is 0 Å². The second-order valence-corrected chi connectivity index (χ2v) is 6.73. The fourth-order valence-corrected chi connectivity index (χ4v) is 2.95. The van der Waals surface area contributed by atoms with E-state index in [1.54, 1.807) is 6.92 Å². The highest BCUT2D eigenvalue weighted by Gasteiger charge is 2.35. The molecule has 4 heteroatoms. The summed E-state index contributed by atoms with van der Waals surface area (Å²) in [6, 6.07) is 18.2. The Kier molecular flexibility index (Phi) is 6.73. The van der Waals surface area contributed by atoms with Crippen LogP contribution in [0, 0.1) is 5.41 Å².